The smallest absolute Gasteiger partial charge is 0.328 e. The maximum Gasteiger partial charge on any atom is 0.328 e. The predicted octanol–water partition coefficient (Wildman–Crippen LogP) is 4.95. The van der Waals surface area contributed by atoms with Gasteiger partial charge in [0.1, 0.15) is 17.3 Å². The van der Waals surface area contributed by atoms with Gasteiger partial charge < -0.3 is 21.3 Å². The molecule has 0 unspecified atom stereocenters. The lowest BCUT2D eigenvalue weighted by Crippen LogP contribution is -2.44. The monoisotopic (exact) mass is 583 g/mol. The number of hydrogen-bond acceptors (Lipinski definition) is 6. The zero-order valence-corrected chi connectivity index (χ0v) is 23.6. The molecule has 6 rings (SSSR count). The second-order valence-corrected chi connectivity index (χ2v) is 10.8. The summed E-state index contributed by atoms with van der Waals surface area (Å²) < 4.78 is 30.1. The van der Waals surface area contributed by atoms with Gasteiger partial charge in [-0.05, 0) is 55.2 Å². The zero-order chi connectivity index (χ0) is 30.1. The van der Waals surface area contributed by atoms with Crippen molar-refractivity contribution in [3.63, 3.8) is 0 Å². The lowest BCUT2D eigenvalue weighted by atomic mass is 9.97. The van der Waals surface area contributed by atoms with Crippen LogP contribution < -0.4 is 26.2 Å². The number of aryl methyl sites for hydroxylation is 1. The first-order chi connectivity index (χ1) is 20.8. The molecule has 2 aliphatic rings. The van der Waals surface area contributed by atoms with Crippen LogP contribution in [0.1, 0.15) is 39.9 Å². The van der Waals surface area contributed by atoms with Gasteiger partial charge in [-0.15, -0.1) is 0 Å². The minimum Gasteiger partial charge on any atom is -0.348 e. The highest BCUT2D eigenvalue weighted by molar-refractivity contribution is 6.02. The largest absolute Gasteiger partial charge is 0.348 e. The van der Waals surface area contributed by atoms with E-state index in [9.17, 15) is 9.59 Å². The molecule has 43 heavy (non-hydrogen) atoms. The molecule has 2 aliphatic heterocycles. The van der Waals surface area contributed by atoms with E-state index in [1.807, 2.05) is 48.2 Å². The van der Waals surface area contributed by atoms with Gasteiger partial charge in [-0.25, -0.2) is 23.5 Å². The van der Waals surface area contributed by atoms with Crippen molar-refractivity contribution in [1.29, 1.82) is 0 Å². The molecule has 3 aromatic carbocycles. The molecule has 4 aromatic rings. The highest BCUT2D eigenvalue weighted by atomic mass is 19.1. The van der Waals surface area contributed by atoms with Crippen LogP contribution in [0.25, 0.3) is 11.3 Å². The van der Waals surface area contributed by atoms with Crippen molar-refractivity contribution < 1.29 is 18.4 Å². The lowest BCUT2D eigenvalue weighted by molar-refractivity contribution is 0.0951. The van der Waals surface area contributed by atoms with Gasteiger partial charge in [-0.2, -0.15) is 4.98 Å². The summed E-state index contributed by atoms with van der Waals surface area (Å²) in [4.78, 5) is 38.9. The van der Waals surface area contributed by atoms with Crippen molar-refractivity contribution in [2.45, 2.75) is 38.9 Å². The Morgan fingerprint density at radius 3 is 2.47 bits per heavy atom. The Labute approximate surface area is 247 Å². The third kappa shape index (κ3) is 5.63. The Hall–Kier alpha value is -4.90. The molecule has 3 heterocycles. The van der Waals surface area contributed by atoms with Crippen molar-refractivity contribution >= 4 is 29.4 Å². The molecule has 0 bridgehead atoms. The summed E-state index contributed by atoms with van der Waals surface area (Å²) >= 11 is 0. The number of hydrogen-bond donors (Lipinski definition) is 3. The molecule has 1 aromatic heterocycles. The van der Waals surface area contributed by atoms with Crippen LogP contribution in [-0.4, -0.2) is 41.0 Å². The molecule has 0 aliphatic carbocycles. The van der Waals surface area contributed by atoms with E-state index in [2.05, 4.69) is 10.6 Å². The first-order valence-electron chi connectivity index (χ1n) is 14.2. The lowest BCUT2D eigenvalue weighted by Gasteiger charge is -2.34. The van der Waals surface area contributed by atoms with Gasteiger partial charge in [0, 0.05) is 42.4 Å². The summed E-state index contributed by atoms with van der Waals surface area (Å²) in [5, 5.41) is 5.67. The number of aromatic nitrogens is 2. The first kappa shape index (κ1) is 28.2. The molecule has 1 fully saturated rings. The molecular formula is C32H31F2N7O2. The standard InChI is InChI=1S/C32H31F2N7O2/c1-19-10-11-21(30(42)36-17-20-6-3-2-4-7-20)16-23(19)27-24-18-37-32(43)41(28-25(33)8-5-9-26(28)34)29(24)39-31(38-27)40-14-12-22(35)13-15-40/h2-11,16,22H,12-15,17-18,35H2,1H3,(H,36,42)(H,37,43). The molecule has 0 atom stereocenters. The minimum absolute atomic E-state index is 0.0328. The van der Waals surface area contributed by atoms with Crippen LogP contribution in [0.15, 0.2) is 66.7 Å². The van der Waals surface area contributed by atoms with Gasteiger partial charge in [0.2, 0.25) is 5.95 Å². The maximum absolute atomic E-state index is 15.1. The molecule has 11 heteroatoms. The van der Waals surface area contributed by atoms with Crippen LogP contribution >= 0.6 is 0 Å². The molecule has 220 valence electrons. The predicted molar refractivity (Wildman–Crippen MR) is 160 cm³/mol. The van der Waals surface area contributed by atoms with Crippen molar-refractivity contribution in [2.75, 3.05) is 22.9 Å². The van der Waals surface area contributed by atoms with Gasteiger partial charge in [0.25, 0.3) is 5.91 Å². The van der Waals surface area contributed by atoms with Gasteiger partial charge in [-0.3, -0.25) is 4.79 Å². The van der Waals surface area contributed by atoms with Crippen molar-refractivity contribution in [3.8, 4) is 11.3 Å². The second kappa shape index (κ2) is 11.8. The molecule has 0 spiro atoms. The number of carbonyl (C=O) groups excluding carboxylic acids is 2. The van der Waals surface area contributed by atoms with E-state index in [1.54, 1.807) is 12.1 Å². The normalized spacial score (nSPS) is 15.2. The Morgan fingerprint density at radius 2 is 1.74 bits per heavy atom. The van der Waals surface area contributed by atoms with Gasteiger partial charge in [0.15, 0.2) is 5.82 Å². The molecule has 3 amide bonds. The highest BCUT2D eigenvalue weighted by Gasteiger charge is 2.35. The topological polar surface area (TPSA) is 116 Å². The molecule has 9 nitrogen and oxygen atoms in total. The first-order valence-corrected chi connectivity index (χ1v) is 14.2. The molecular weight excluding hydrogens is 552 g/mol. The average Bonchev–Trinajstić information content (AvgIpc) is 3.01. The van der Waals surface area contributed by atoms with E-state index >= 15 is 8.78 Å². The van der Waals surface area contributed by atoms with E-state index in [4.69, 9.17) is 15.7 Å². The van der Waals surface area contributed by atoms with Gasteiger partial charge >= 0.3 is 6.03 Å². The Balaban J connectivity index is 1.47. The number of piperidine rings is 1. The third-order valence-electron chi connectivity index (χ3n) is 7.84. The summed E-state index contributed by atoms with van der Waals surface area (Å²) in [5.41, 5.74) is 9.41. The molecule has 0 saturated carbocycles. The number of rotatable bonds is 6. The van der Waals surface area contributed by atoms with Crippen LogP contribution in [0.3, 0.4) is 0 Å². The summed E-state index contributed by atoms with van der Waals surface area (Å²) in [6.45, 7) is 3.46. The van der Waals surface area contributed by atoms with Crippen LogP contribution in [0, 0.1) is 18.6 Å². The van der Waals surface area contributed by atoms with Gasteiger partial charge in [0.05, 0.1) is 12.2 Å². The zero-order valence-electron chi connectivity index (χ0n) is 23.6. The SMILES string of the molecule is Cc1ccc(C(=O)NCc2ccccc2)cc1-c1nc(N2CCC(N)CC2)nc2c1CNC(=O)N2c1c(F)cccc1F. The number of nitrogens with one attached hydrogen (secondary N) is 2. The summed E-state index contributed by atoms with van der Waals surface area (Å²) in [6, 6.07) is 17.7. The number of urea groups is 1. The van der Waals surface area contributed by atoms with E-state index in [-0.39, 0.29) is 24.3 Å². The minimum atomic E-state index is -0.901. The van der Waals surface area contributed by atoms with Crippen LogP contribution in [0.4, 0.5) is 31.0 Å². The maximum atomic E-state index is 15.1. The van der Waals surface area contributed by atoms with E-state index in [1.165, 1.54) is 6.07 Å². The number of halogens is 2. The van der Waals surface area contributed by atoms with Crippen molar-refractivity contribution in [3.05, 3.63) is 101 Å². The Kier molecular flexibility index (Phi) is 7.73. The summed E-state index contributed by atoms with van der Waals surface area (Å²) in [7, 11) is 0. The van der Waals surface area contributed by atoms with E-state index < -0.39 is 23.4 Å². The fourth-order valence-corrected chi connectivity index (χ4v) is 5.42. The quantitative estimate of drug-likeness (QED) is 0.296. The molecule has 0 radical (unpaired) electrons. The van der Waals surface area contributed by atoms with Crippen LogP contribution in [0.2, 0.25) is 0 Å². The number of nitrogens with zero attached hydrogens (tertiary/aromatic N) is 4. The number of fused-ring (bicyclic) bond motifs is 1. The summed E-state index contributed by atoms with van der Waals surface area (Å²) in [5.74, 6) is -1.66. The fraction of sp³-hybridized carbons (Fsp3) is 0.250. The number of anilines is 3. The van der Waals surface area contributed by atoms with Crippen molar-refractivity contribution in [2.24, 2.45) is 5.73 Å². The van der Waals surface area contributed by atoms with E-state index in [0.717, 1.165) is 41.0 Å². The number of carbonyl (C=O) groups is 2. The van der Waals surface area contributed by atoms with E-state index in [0.29, 0.717) is 48.0 Å². The van der Waals surface area contributed by atoms with Gasteiger partial charge in [-0.1, -0.05) is 42.5 Å². The highest BCUT2D eigenvalue weighted by Crippen LogP contribution is 2.40. The second-order valence-electron chi connectivity index (χ2n) is 10.8. The third-order valence-corrected chi connectivity index (χ3v) is 7.84. The fourth-order valence-electron chi connectivity index (χ4n) is 5.42. The summed E-state index contributed by atoms with van der Waals surface area (Å²) in [6.07, 6.45) is 1.44. The number of benzene rings is 3. The van der Waals surface area contributed by atoms with Crippen LogP contribution in [-0.2, 0) is 13.1 Å². The van der Waals surface area contributed by atoms with Crippen LogP contribution in [0.5, 0.6) is 0 Å². The average molecular weight is 584 g/mol. The number of nitrogens with two attached hydrogens (primary N) is 1. The number of para-hydroxylation sites is 1. The Bertz CT molecular complexity index is 1670. The molecule has 4 N–H and O–H groups in total. The van der Waals surface area contributed by atoms with Crippen molar-refractivity contribution in [1.82, 2.24) is 20.6 Å². The molecule has 1 saturated heterocycles. The Morgan fingerprint density at radius 1 is 1.02 bits per heavy atom. The number of amides is 3.